The van der Waals surface area contributed by atoms with Crippen LogP contribution in [-0.4, -0.2) is 123 Å². The summed E-state index contributed by atoms with van der Waals surface area (Å²) in [6.07, 6.45) is 3.87. The predicted molar refractivity (Wildman–Crippen MR) is 437 cm³/mol. The predicted octanol–water partition coefficient (Wildman–Crippen LogP) is 12.9. The van der Waals surface area contributed by atoms with Crippen LogP contribution in [0, 0.1) is 71.5 Å². The van der Waals surface area contributed by atoms with Gasteiger partial charge in [-0.3, -0.25) is 19.2 Å². The number of nitrogens with zero attached hydrogens (tertiary/aromatic N) is 3. The van der Waals surface area contributed by atoms with Crippen LogP contribution in [0.5, 0.6) is 92.0 Å². The first kappa shape index (κ1) is 112. The zero-order valence-electron chi connectivity index (χ0n) is 64.1. The number of phenolic OH excluding ortho intramolecular Hbond substituents is 2. The first-order valence-electron chi connectivity index (χ1n) is 32.5. The molecule has 0 saturated heterocycles. The quantitative estimate of drug-likeness (QED) is 0.0184. The minimum Gasteiger partial charge on any atom is -1.00 e. The molecule has 3 N–H and O–H groups in total. The van der Waals surface area contributed by atoms with Gasteiger partial charge in [-0.05, 0) is 61.4 Å². The van der Waals surface area contributed by atoms with Crippen molar-refractivity contribution in [2.75, 3.05) is 66.2 Å². The minimum atomic E-state index is -1.67. The molecule has 0 bridgehead atoms. The summed E-state index contributed by atoms with van der Waals surface area (Å²) in [6.45, 7) is 19.2. The molecule has 122 heavy (non-hydrogen) atoms. The number of hydrogen-bond acceptors (Lipinski definition) is 24. The third-order valence-corrected chi connectivity index (χ3v) is 16.9. The molecule has 16 rings (SSSR count). The molecule has 6 heterocycles. The number of carbonyl (C=O) groups excluding carboxylic acids is 4. The maximum Gasteiger partial charge on any atom is 1.00 e. The number of ether oxygens (including phenoxy) is 15. The van der Waals surface area contributed by atoms with Crippen molar-refractivity contribution in [1.29, 1.82) is 5.26 Å². The Morgan fingerprint density at radius 3 is 1.15 bits per heavy atom. The molecular formula is C75H64B2Br4Cl4F8N3Na2O23S. The molecule has 6 aliphatic heterocycles. The summed E-state index contributed by atoms with van der Waals surface area (Å²) in [7, 11) is 10.2. The number of aldehydes is 3. The fraction of sp³-hybridized carbons (Fsp3) is 0.267. The zero-order chi connectivity index (χ0) is 87.4. The number of rotatable bonds is 13. The summed E-state index contributed by atoms with van der Waals surface area (Å²) in [5, 5.41) is 33.4. The monoisotopic (exact) mass is 2080 g/mol. The van der Waals surface area contributed by atoms with Gasteiger partial charge in [-0.2, -0.15) is 0 Å². The average Bonchev–Trinajstić information content (AvgIpc) is 1.60. The van der Waals surface area contributed by atoms with Gasteiger partial charge in [-0.15, -0.1) is 70.5 Å². The van der Waals surface area contributed by atoms with Gasteiger partial charge in [0.2, 0.25) is 56.5 Å². The summed E-state index contributed by atoms with van der Waals surface area (Å²) in [6, 6.07) is 20.4. The second kappa shape index (κ2) is 57.0. The Hall–Kier alpha value is -7.73. The van der Waals surface area contributed by atoms with E-state index in [4.69, 9.17) is 139 Å². The fourth-order valence-electron chi connectivity index (χ4n) is 9.71. The van der Waals surface area contributed by atoms with E-state index in [-0.39, 0.29) is 185 Å². The van der Waals surface area contributed by atoms with Crippen LogP contribution in [0.3, 0.4) is 0 Å². The normalized spacial score (nSPS) is 12.9. The molecule has 0 unspecified atom stereocenters. The Labute approximate surface area is 795 Å². The van der Waals surface area contributed by atoms with Crippen molar-refractivity contribution in [3.8, 4) is 92.0 Å². The molecular weight excluding hydrogens is 2020 g/mol. The number of alkyl halides is 3. The maximum atomic E-state index is 13.8. The molecule has 8 aliphatic rings. The minimum absolute atomic E-state index is 0. The summed E-state index contributed by atoms with van der Waals surface area (Å²) in [5.74, 6) is 1.71. The first-order valence-corrected chi connectivity index (χ1v) is 40.3. The van der Waals surface area contributed by atoms with Gasteiger partial charge in [-0.1, -0.05) is 23.4 Å². The van der Waals surface area contributed by atoms with Crippen LogP contribution in [0.25, 0.3) is 9.69 Å². The Bertz CT molecular complexity index is 4890. The summed E-state index contributed by atoms with van der Waals surface area (Å²) >= 11 is 23.1. The van der Waals surface area contributed by atoms with Crippen molar-refractivity contribution >= 4 is 154 Å². The molecule has 643 valence electrons. The summed E-state index contributed by atoms with van der Waals surface area (Å²) in [4.78, 5) is 47.7. The SMILES string of the molecule is BrB(Br)Br.C.COc1cc(F)c(C=O)cc1OC.ClCCBr.Fc1cc2c(cc1CCl)OCO2.O=COC1(c2cc3c(cc2F)OCO3)CC1.O=Cc1cc(O)c(O)cc1F.O=Cc1cc2c(cc1F)OCO2.O=S(Cl)Cl.OCc1cc2c(cc1F)OCO2.[B].[C-]#N.[C-]#[N+]C1(c2cc3c(cc2F)OCO3)CC1.[C-]#[N+]Cc1cc2c(cc1F)OCO2.[H-].[Na+].[Na+]. The Morgan fingerprint density at radius 2 is 0.795 bits per heavy atom. The van der Waals surface area contributed by atoms with E-state index in [9.17, 15) is 54.3 Å². The standard InChI is InChI=1S/C11H8FNO2.C11H9FO4.C9H6FNO2.C9H9FO3.C8H6ClFO2.C8H7FO3.C8H5FO3.C7H5FO3.C2H4BrCl.CN.CH4.BBr3.B.Cl2OS.2Na.H/c1-13-11(2-3-11)7-4-9-10(5-8(7)12)15-6-14-9;12-8-4-10-9(14-6-15-10)3-7(8)11(1-2-11)16-5-13;1-11-4-6-2-8-9(3-7(6)10)13-5-12-8;1-12-8-3-6(5-11)7(10)4-9(8)13-2;9-3-5-1-7-8(2-6(5)10)12-4-11-7;2*9-6-2-8-7(11-4-12-8)1-5(6)3-10;8-5-2-7(11)6(10)1-4(5)3-9;3-1-2-4;1-2;;2-1(3)4;;1-4(2)3;;;/h4-5H,2-3,6H2;3-5H,1-2,6H2;2-3H,4-5H2;3-5H,1-2H3;1-2H,3-4H2;1-2,10H,3-4H2;1-3H,4H2;1-3,10-11H;1-2H2;;1H4;;;;;;/q;;;;;;;;;-1;;;;;2*+1;-1. The van der Waals surface area contributed by atoms with Crippen LogP contribution < -0.4 is 125 Å². The van der Waals surface area contributed by atoms with Crippen LogP contribution in [0.1, 0.15) is 93.4 Å². The first-order chi connectivity index (χ1) is 56.5. The van der Waals surface area contributed by atoms with Crippen LogP contribution >= 0.6 is 108 Å². The smallest absolute Gasteiger partial charge is 1.00 e. The van der Waals surface area contributed by atoms with E-state index in [1.165, 1.54) is 68.8 Å². The van der Waals surface area contributed by atoms with Crippen molar-refractivity contribution in [2.45, 2.75) is 63.3 Å². The number of halogens is 16. The average molecular weight is 2090 g/mol. The molecule has 3 radical (unpaired) electrons. The maximum absolute atomic E-state index is 13.8. The van der Waals surface area contributed by atoms with Crippen LogP contribution in [-0.2, 0) is 48.9 Å². The van der Waals surface area contributed by atoms with Crippen molar-refractivity contribution in [2.24, 2.45) is 0 Å². The molecule has 26 nitrogen and oxygen atoms in total. The molecule has 0 atom stereocenters. The number of aliphatic hydroxyl groups excluding tert-OH is 1. The third-order valence-electron chi connectivity index (χ3n) is 15.6. The second-order valence-corrected chi connectivity index (χ2v) is 33.1. The van der Waals surface area contributed by atoms with Gasteiger partial charge in [0.15, 0.2) is 111 Å². The van der Waals surface area contributed by atoms with Gasteiger partial charge in [0.05, 0.1) is 54.5 Å². The van der Waals surface area contributed by atoms with E-state index in [0.29, 0.717) is 141 Å². The van der Waals surface area contributed by atoms with Crippen molar-refractivity contribution in [1.82, 2.24) is 0 Å². The molecule has 0 spiro atoms. The van der Waals surface area contributed by atoms with E-state index in [2.05, 4.69) is 94.3 Å². The number of hydrogen-bond donors (Lipinski definition) is 3. The molecule has 2 fully saturated rings. The Balaban J connectivity index is 0.00000135. The molecule has 8 aromatic rings. The fourth-order valence-corrected chi connectivity index (χ4v) is 9.91. The van der Waals surface area contributed by atoms with Gasteiger partial charge < -0.3 is 109 Å². The molecule has 2 aliphatic carbocycles. The molecule has 2 saturated carbocycles. The van der Waals surface area contributed by atoms with E-state index in [1.54, 1.807) is 18.2 Å². The topological polar surface area (TPSA) is 317 Å². The van der Waals surface area contributed by atoms with E-state index in [0.717, 1.165) is 36.4 Å². The summed E-state index contributed by atoms with van der Waals surface area (Å²) < 4.78 is 189. The van der Waals surface area contributed by atoms with Crippen molar-refractivity contribution in [3.05, 3.63) is 218 Å². The van der Waals surface area contributed by atoms with Crippen molar-refractivity contribution in [3.63, 3.8) is 0 Å². The van der Waals surface area contributed by atoms with E-state index >= 15 is 0 Å². The number of aliphatic hydroxyl groups is 1. The number of carbonyl (C=O) groups is 4. The van der Waals surface area contributed by atoms with Crippen LogP contribution in [0.15, 0.2) is 97.1 Å². The van der Waals surface area contributed by atoms with E-state index in [1.807, 2.05) is 0 Å². The second-order valence-electron chi connectivity index (χ2n) is 22.7. The number of phenols is 2. The number of methoxy groups -OCH3 is 2. The number of benzene rings is 8. The van der Waals surface area contributed by atoms with Gasteiger partial charge >= 0.3 is 62.3 Å². The molecule has 47 heteroatoms. The van der Waals surface area contributed by atoms with Crippen LogP contribution in [0.4, 0.5) is 35.1 Å². The third kappa shape index (κ3) is 33.6. The van der Waals surface area contributed by atoms with Gasteiger partial charge in [0.25, 0.3) is 12.0 Å². The molecule has 0 amide bonds. The van der Waals surface area contributed by atoms with Gasteiger partial charge in [0.1, 0.15) is 52.1 Å². The zero-order valence-corrected chi connectivity index (χ0v) is 77.3. The van der Waals surface area contributed by atoms with Gasteiger partial charge in [0, 0.05) is 119 Å². The van der Waals surface area contributed by atoms with E-state index < -0.39 is 66.8 Å². The number of fused-ring (bicyclic) bond motifs is 6. The number of aromatic hydroxyl groups is 2. The summed E-state index contributed by atoms with van der Waals surface area (Å²) in [5.41, 5.74) is 0.0555. The largest absolute Gasteiger partial charge is 1.00 e. The van der Waals surface area contributed by atoms with Gasteiger partial charge in [-0.25, -0.2) is 52.5 Å². The molecule has 8 aromatic carbocycles. The Morgan fingerprint density at radius 1 is 0.500 bits per heavy atom. The molecule has 0 aromatic heterocycles. The Kier molecular flexibility index (Phi) is 52.5. The van der Waals surface area contributed by atoms with Crippen molar-refractivity contribution < 1.29 is 205 Å². The van der Waals surface area contributed by atoms with Crippen LogP contribution in [0.2, 0.25) is 0 Å².